The Labute approximate surface area is 106 Å². The first-order valence-electron chi connectivity index (χ1n) is 5.97. The molecule has 3 nitrogen and oxygen atoms in total. The van der Waals surface area contributed by atoms with E-state index in [9.17, 15) is 4.79 Å². The van der Waals surface area contributed by atoms with Crippen LogP contribution in [0, 0.1) is 0 Å². The van der Waals surface area contributed by atoms with Crippen LogP contribution < -0.4 is 11.1 Å². The maximum Gasteiger partial charge on any atom is 0.242 e. The van der Waals surface area contributed by atoms with Crippen molar-refractivity contribution >= 4 is 5.91 Å². The van der Waals surface area contributed by atoms with Crippen LogP contribution in [0.25, 0.3) is 0 Å². The van der Waals surface area contributed by atoms with E-state index < -0.39 is 6.04 Å². The fourth-order valence-electron chi connectivity index (χ4n) is 2.42. The summed E-state index contributed by atoms with van der Waals surface area (Å²) in [4.78, 5) is 11.9. The number of rotatable bonds is 1. The van der Waals surface area contributed by atoms with Crippen molar-refractivity contribution in [1.29, 1.82) is 0 Å². The molecule has 1 heterocycles. The van der Waals surface area contributed by atoms with E-state index in [1.54, 1.807) is 0 Å². The van der Waals surface area contributed by atoms with Gasteiger partial charge in [-0.05, 0) is 16.7 Å². The van der Waals surface area contributed by atoms with Crippen LogP contribution in [0.2, 0.25) is 0 Å². The summed E-state index contributed by atoms with van der Waals surface area (Å²) in [6.45, 7) is 0. The second kappa shape index (κ2) is 4.27. The number of carbonyl (C=O) groups excluding carboxylic acids is 1. The highest BCUT2D eigenvalue weighted by Gasteiger charge is 2.30. The summed E-state index contributed by atoms with van der Waals surface area (Å²) in [6, 6.07) is 17.1. The number of benzene rings is 2. The van der Waals surface area contributed by atoms with Crippen molar-refractivity contribution in [3.8, 4) is 0 Å². The van der Waals surface area contributed by atoms with Gasteiger partial charge in [0.15, 0.2) is 0 Å². The first-order valence-corrected chi connectivity index (χ1v) is 5.97. The molecule has 3 rings (SSSR count). The lowest BCUT2D eigenvalue weighted by molar-refractivity contribution is -0.123. The van der Waals surface area contributed by atoms with Gasteiger partial charge in [-0.2, -0.15) is 0 Å². The van der Waals surface area contributed by atoms with Crippen molar-refractivity contribution in [3.63, 3.8) is 0 Å². The number of nitrogens with one attached hydrogen (secondary N) is 1. The quantitative estimate of drug-likeness (QED) is 0.797. The predicted molar refractivity (Wildman–Crippen MR) is 69.8 cm³/mol. The molecule has 3 heteroatoms. The van der Waals surface area contributed by atoms with Crippen LogP contribution in [0.1, 0.15) is 28.8 Å². The number of amides is 1. The monoisotopic (exact) mass is 238 g/mol. The van der Waals surface area contributed by atoms with Crippen molar-refractivity contribution in [1.82, 2.24) is 5.32 Å². The summed E-state index contributed by atoms with van der Waals surface area (Å²) in [5.41, 5.74) is 8.98. The smallest absolute Gasteiger partial charge is 0.242 e. The van der Waals surface area contributed by atoms with Crippen LogP contribution in [0.15, 0.2) is 54.6 Å². The first-order chi connectivity index (χ1) is 8.77. The van der Waals surface area contributed by atoms with Gasteiger partial charge in [0.2, 0.25) is 5.91 Å². The number of hydrogen-bond acceptors (Lipinski definition) is 2. The van der Waals surface area contributed by atoms with E-state index in [0.29, 0.717) is 0 Å². The summed E-state index contributed by atoms with van der Waals surface area (Å²) >= 11 is 0. The van der Waals surface area contributed by atoms with E-state index in [-0.39, 0.29) is 11.9 Å². The Kier molecular flexibility index (Phi) is 2.61. The average molecular weight is 238 g/mol. The van der Waals surface area contributed by atoms with Crippen LogP contribution in [-0.2, 0) is 4.79 Å². The molecule has 1 amide bonds. The Morgan fingerprint density at radius 1 is 0.889 bits per heavy atom. The standard InChI is InChI=1S/C15H14N2O/c16-13-11-8-4-5-9-12(11)14(17-15(13)18)10-6-2-1-3-7-10/h1-9,13-14H,16H2,(H,17,18). The van der Waals surface area contributed by atoms with Crippen LogP contribution in [0.5, 0.6) is 0 Å². The second-order valence-electron chi connectivity index (χ2n) is 4.46. The lowest BCUT2D eigenvalue weighted by Gasteiger charge is -2.30. The number of carbonyl (C=O) groups is 1. The normalized spacial score (nSPS) is 22.2. The number of hydrogen-bond donors (Lipinski definition) is 2. The Bertz CT molecular complexity index is 580. The van der Waals surface area contributed by atoms with E-state index in [0.717, 1.165) is 16.7 Å². The molecule has 1 aliphatic rings. The summed E-state index contributed by atoms with van der Waals surface area (Å²) < 4.78 is 0. The van der Waals surface area contributed by atoms with Crippen LogP contribution in [-0.4, -0.2) is 5.91 Å². The van der Waals surface area contributed by atoms with Gasteiger partial charge in [-0.3, -0.25) is 4.79 Å². The summed E-state index contributed by atoms with van der Waals surface area (Å²) in [5, 5.41) is 2.97. The molecule has 0 saturated carbocycles. The average Bonchev–Trinajstić information content (AvgIpc) is 2.44. The predicted octanol–water partition coefficient (Wildman–Crippen LogP) is 1.91. The molecule has 2 aromatic carbocycles. The topological polar surface area (TPSA) is 55.1 Å². The van der Waals surface area contributed by atoms with E-state index in [1.807, 2.05) is 54.6 Å². The Hall–Kier alpha value is -2.13. The molecule has 0 saturated heterocycles. The Morgan fingerprint density at radius 3 is 2.22 bits per heavy atom. The van der Waals surface area contributed by atoms with E-state index in [1.165, 1.54) is 0 Å². The van der Waals surface area contributed by atoms with Gasteiger partial charge in [0.05, 0.1) is 6.04 Å². The second-order valence-corrected chi connectivity index (χ2v) is 4.46. The highest BCUT2D eigenvalue weighted by molar-refractivity contribution is 5.86. The largest absolute Gasteiger partial charge is 0.344 e. The molecular weight excluding hydrogens is 224 g/mol. The van der Waals surface area contributed by atoms with Crippen molar-refractivity contribution in [2.45, 2.75) is 12.1 Å². The fraction of sp³-hybridized carbons (Fsp3) is 0.133. The summed E-state index contributed by atoms with van der Waals surface area (Å²) in [6.07, 6.45) is 0. The van der Waals surface area contributed by atoms with Gasteiger partial charge in [-0.1, -0.05) is 54.6 Å². The molecule has 0 aliphatic carbocycles. The molecule has 1 aliphatic heterocycles. The highest BCUT2D eigenvalue weighted by atomic mass is 16.2. The molecule has 18 heavy (non-hydrogen) atoms. The van der Waals surface area contributed by atoms with Crippen LogP contribution >= 0.6 is 0 Å². The SMILES string of the molecule is NC1C(=O)NC(c2ccccc2)c2ccccc21. The molecule has 0 spiro atoms. The lowest BCUT2D eigenvalue weighted by atomic mass is 9.87. The van der Waals surface area contributed by atoms with Gasteiger partial charge in [0, 0.05) is 0 Å². The van der Waals surface area contributed by atoms with E-state index >= 15 is 0 Å². The molecule has 0 fully saturated rings. The molecule has 2 aromatic rings. The van der Waals surface area contributed by atoms with Gasteiger partial charge >= 0.3 is 0 Å². The van der Waals surface area contributed by atoms with Crippen LogP contribution in [0.3, 0.4) is 0 Å². The third-order valence-corrected chi connectivity index (χ3v) is 3.34. The Balaban J connectivity index is 2.13. The van der Waals surface area contributed by atoms with Gasteiger partial charge < -0.3 is 11.1 Å². The number of nitrogens with two attached hydrogens (primary N) is 1. The molecule has 3 N–H and O–H groups in total. The summed E-state index contributed by atoms with van der Waals surface area (Å²) in [5.74, 6) is -0.123. The molecule has 0 radical (unpaired) electrons. The molecular formula is C15H14N2O. The molecule has 90 valence electrons. The lowest BCUT2D eigenvalue weighted by Crippen LogP contribution is -2.42. The van der Waals surface area contributed by atoms with E-state index in [2.05, 4.69) is 5.32 Å². The third kappa shape index (κ3) is 1.69. The Morgan fingerprint density at radius 2 is 1.50 bits per heavy atom. The van der Waals surface area contributed by atoms with Crippen LogP contribution in [0.4, 0.5) is 0 Å². The summed E-state index contributed by atoms with van der Waals surface area (Å²) in [7, 11) is 0. The fourth-order valence-corrected chi connectivity index (χ4v) is 2.42. The van der Waals surface area contributed by atoms with Gasteiger partial charge in [-0.25, -0.2) is 0 Å². The molecule has 2 atom stereocenters. The van der Waals surface area contributed by atoms with Gasteiger partial charge in [0.1, 0.15) is 6.04 Å². The number of fused-ring (bicyclic) bond motifs is 1. The maximum atomic E-state index is 11.9. The zero-order valence-corrected chi connectivity index (χ0v) is 9.84. The van der Waals surface area contributed by atoms with Crippen molar-refractivity contribution in [2.24, 2.45) is 5.73 Å². The first kappa shape index (κ1) is 11.0. The maximum absolute atomic E-state index is 11.9. The van der Waals surface area contributed by atoms with Gasteiger partial charge in [-0.15, -0.1) is 0 Å². The molecule has 2 unspecified atom stereocenters. The van der Waals surface area contributed by atoms with Crippen molar-refractivity contribution < 1.29 is 4.79 Å². The molecule has 0 aromatic heterocycles. The van der Waals surface area contributed by atoms with Crippen molar-refractivity contribution in [2.75, 3.05) is 0 Å². The van der Waals surface area contributed by atoms with Crippen molar-refractivity contribution in [3.05, 3.63) is 71.3 Å². The van der Waals surface area contributed by atoms with Gasteiger partial charge in [0.25, 0.3) is 0 Å². The van der Waals surface area contributed by atoms with E-state index in [4.69, 9.17) is 5.73 Å². The minimum absolute atomic E-state index is 0.102. The third-order valence-electron chi connectivity index (χ3n) is 3.34. The minimum atomic E-state index is -0.568. The molecule has 0 bridgehead atoms. The highest BCUT2D eigenvalue weighted by Crippen LogP contribution is 2.32. The zero-order chi connectivity index (χ0) is 12.5. The minimum Gasteiger partial charge on any atom is -0.344 e. The zero-order valence-electron chi connectivity index (χ0n) is 9.84.